The summed E-state index contributed by atoms with van der Waals surface area (Å²) < 4.78 is -0.397. The number of para-hydroxylation sites is 1. The minimum Gasteiger partial charge on any atom is -0.361 e. The van der Waals surface area contributed by atoms with Crippen molar-refractivity contribution >= 4 is 38.8 Å². The first-order valence-electron chi connectivity index (χ1n) is 8.68. The van der Waals surface area contributed by atoms with Crippen LogP contribution in [0.15, 0.2) is 65.7 Å². The van der Waals surface area contributed by atoms with E-state index >= 15 is 0 Å². The molecule has 1 N–H and O–H groups in total. The second-order valence-electron chi connectivity index (χ2n) is 5.57. The lowest BCUT2D eigenvalue weighted by atomic mass is 10.1. The lowest BCUT2D eigenvalue weighted by molar-refractivity contribution is 0.276. The van der Waals surface area contributed by atoms with Crippen LogP contribution in [0.25, 0.3) is 10.9 Å². The number of fused-ring (bicyclic) bond motifs is 1. The van der Waals surface area contributed by atoms with Crippen molar-refractivity contribution in [3.05, 3.63) is 66.4 Å². The summed E-state index contributed by atoms with van der Waals surface area (Å²) in [6, 6.07) is 17.7. The van der Waals surface area contributed by atoms with Gasteiger partial charge in [0.25, 0.3) is 4.57 Å². The molecule has 3 rings (SSSR count). The van der Waals surface area contributed by atoms with E-state index in [1.165, 1.54) is 16.5 Å². The second kappa shape index (κ2) is 12.6. The molecule has 0 spiro atoms. The van der Waals surface area contributed by atoms with Gasteiger partial charge in [-0.15, -0.1) is 0 Å². The summed E-state index contributed by atoms with van der Waals surface area (Å²) in [5.74, 6) is 0. The highest BCUT2D eigenvalue weighted by Crippen LogP contribution is 2.20. The number of benzene rings is 2. The van der Waals surface area contributed by atoms with Crippen molar-refractivity contribution in [1.82, 2.24) is 9.88 Å². The molecule has 2 aromatic carbocycles. The number of aromatic amines is 1. The Kier molecular flexibility index (Phi) is 10.8. The van der Waals surface area contributed by atoms with Crippen LogP contribution in [0.5, 0.6) is 0 Å². The summed E-state index contributed by atoms with van der Waals surface area (Å²) in [5.41, 5.74) is 2.65. The molecule has 0 aliphatic rings. The number of carbonyl (C=O) groups is 1. The van der Waals surface area contributed by atoms with Gasteiger partial charge in [-0.05, 0) is 67.6 Å². The van der Waals surface area contributed by atoms with Gasteiger partial charge in [-0.25, -0.2) is 0 Å². The third kappa shape index (κ3) is 8.09. The van der Waals surface area contributed by atoms with Crippen LogP contribution >= 0.6 is 23.4 Å². The Bertz CT molecular complexity index is 772. The Balaban J connectivity index is 0.000000249. The van der Waals surface area contributed by atoms with Crippen molar-refractivity contribution in [3.8, 4) is 0 Å². The predicted molar refractivity (Wildman–Crippen MR) is 115 cm³/mol. The molecular formula is C21H27ClN2OS. The monoisotopic (exact) mass is 390 g/mol. The number of carbonyl (C=O) groups excluding carboxylic acids is 1. The molecule has 1 heterocycles. The van der Waals surface area contributed by atoms with E-state index in [0.717, 1.165) is 29.6 Å². The number of H-pyrrole nitrogens is 1. The summed E-state index contributed by atoms with van der Waals surface area (Å²) in [4.78, 5) is 16.7. The van der Waals surface area contributed by atoms with Gasteiger partial charge in [0.1, 0.15) is 0 Å². The van der Waals surface area contributed by atoms with E-state index in [-0.39, 0.29) is 0 Å². The first kappa shape index (κ1) is 22.3. The number of thioether (sulfide) groups is 1. The number of hydrogen-bond donors (Lipinski definition) is 1. The maximum absolute atomic E-state index is 10.3. The van der Waals surface area contributed by atoms with Gasteiger partial charge in [-0.3, -0.25) is 4.79 Å². The fourth-order valence-corrected chi connectivity index (χ4v) is 3.01. The van der Waals surface area contributed by atoms with Gasteiger partial charge in [-0.2, -0.15) is 0 Å². The summed E-state index contributed by atoms with van der Waals surface area (Å²) in [7, 11) is 4.21. The predicted octanol–water partition coefficient (Wildman–Crippen LogP) is 6.44. The lowest BCUT2D eigenvalue weighted by Gasteiger charge is -2.07. The summed E-state index contributed by atoms with van der Waals surface area (Å²) in [6.07, 6.45) is 3.23. The molecule has 0 fully saturated rings. The third-order valence-corrected chi connectivity index (χ3v) is 4.34. The third-order valence-electron chi connectivity index (χ3n) is 3.44. The summed E-state index contributed by atoms with van der Waals surface area (Å²) in [5, 5.41) is 1.36. The number of likely N-dealkylation sites (N-methyl/N-ethyl adjacent to an activating group) is 1. The molecule has 0 unspecified atom stereocenters. The number of rotatable bonds is 4. The number of nitrogens with zero attached hydrogens (tertiary/aromatic N) is 1. The van der Waals surface area contributed by atoms with E-state index in [0.29, 0.717) is 0 Å². The molecular weight excluding hydrogens is 364 g/mol. The van der Waals surface area contributed by atoms with Crippen LogP contribution in [-0.4, -0.2) is 35.1 Å². The molecule has 0 saturated carbocycles. The van der Waals surface area contributed by atoms with Crippen LogP contribution in [-0.2, 0) is 6.42 Å². The maximum Gasteiger partial charge on any atom is 0.284 e. The van der Waals surface area contributed by atoms with E-state index in [2.05, 4.69) is 54.4 Å². The smallest absolute Gasteiger partial charge is 0.284 e. The van der Waals surface area contributed by atoms with E-state index in [4.69, 9.17) is 11.6 Å². The molecule has 5 heteroatoms. The van der Waals surface area contributed by atoms with E-state index in [9.17, 15) is 4.79 Å². The molecule has 1 aromatic heterocycles. The molecule has 0 aliphatic heterocycles. The fraction of sp³-hybridized carbons (Fsp3) is 0.286. The van der Waals surface area contributed by atoms with Gasteiger partial charge in [0.15, 0.2) is 0 Å². The zero-order valence-electron chi connectivity index (χ0n) is 15.8. The minimum absolute atomic E-state index is 0.397. The highest BCUT2D eigenvalue weighted by molar-refractivity contribution is 8.16. The molecule has 0 aliphatic carbocycles. The molecule has 0 amide bonds. The average Bonchev–Trinajstić information content (AvgIpc) is 3.06. The molecule has 26 heavy (non-hydrogen) atoms. The Morgan fingerprint density at radius 1 is 1.04 bits per heavy atom. The molecule has 0 atom stereocenters. The van der Waals surface area contributed by atoms with Crippen LogP contribution in [0.2, 0.25) is 0 Å². The molecule has 3 aromatic rings. The Morgan fingerprint density at radius 3 is 2.27 bits per heavy atom. The van der Waals surface area contributed by atoms with Crippen molar-refractivity contribution < 1.29 is 4.79 Å². The number of aromatic nitrogens is 1. The van der Waals surface area contributed by atoms with Crippen molar-refractivity contribution in [2.75, 3.05) is 20.6 Å². The van der Waals surface area contributed by atoms with Crippen LogP contribution in [0.1, 0.15) is 19.4 Å². The number of hydrogen-bond acceptors (Lipinski definition) is 3. The van der Waals surface area contributed by atoms with Crippen LogP contribution in [0.4, 0.5) is 4.79 Å². The second-order valence-corrected chi connectivity index (χ2v) is 7.18. The van der Waals surface area contributed by atoms with Gasteiger partial charge < -0.3 is 9.88 Å². The zero-order chi connectivity index (χ0) is 19.4. The lowest BCUT2D eigenvalue weighted by Crippen LogP contribution is -2.14. The van der Waals surface area contributed by atoms with Crippen molar-refractivity contribution in [3.63, 3.8) is 0 Å². The Hall–Kier alpha value is -1.75. The Labute approximate surface area is 165 Å². The largest absolute Gasteiger partial charge is 0.361 e. The minimum atomic E-state index is -0.397. The van der Waals surface area contributed by atoms with Crippen LogP contribution < -0.4 is 0 Å². The van der Waals surface area contributed by atoms with Crippen LogP contribution in [0, 0.1) is 0 Å². The van der Waals surface area contributed by atoms with E-state index in [1.807, 2.05) is 44.2 Å². The Morgan fingerprint density at radius 2 is 1.65 bits per heavy atom. The first-order chi connectivity index (χ1) is 12.6. The van der Waals surface area contributed by atoms with Gasteiger partial charge in [0.2, 0.25) is 0 Å². The topological polar surface area (TPSA) is 36.1 Å². The molecule has 140 valence electrons. The molecule has 0 bridgehead atoms. The number of halogens is 1. The highest BCUT2D eigenvalue weighted by atomic mass is 35.5. The van der Waals surface area contributed by atoms with Gasteiger partial charge in [-0.1, -0.05) is 50.2 Å². The zero-order valence-corrected chi connectivity index (χ0v) is 17.4. The average molecular weight is 391 g/mol. The van der Waals surface area contributed by atoms with Crippen molar-refractivity contribution in [2.24, 2.45) is 0 Å². The summed E-state index contributed by atoms with van der Waals surface area (Å²) >= 11 is 6.16. The van der Waals surface area contributed by atoms with E-state index < -0.39 is 4.57 Å². The fourth-order valence-electron chi connectivity index (χ4n) is 2.26. The van der Waals surface area contributed by atoms with Crippen molar-refractivity contribution in [1.29, 1.82) is 0 Å². The molecule has 0 saturated heterocycles. The summed E-state index contributed by atoms with van der Waals surface area (Å²) in [6.45, 7) is 5.10. The standard InChI is InChI=1S/C12H16N2.C7H5ClOS.C2H6/c1-14(2)8-7-10-9-13-12-6-4-3-5-11(10)12;8-7(9)10-6-4-2-1-3-5-6;1-2/h3-6,9,13H,7-8H2,1-2H3;1-5H;1-2H3. The highest BCUT2D eigenvalue weighted by Gasteiger charge is 2.02. The van der Waals surface area contributed by atoms with Gasteiger partial charge in [0.05, 0.1) is 0 Å². The first-order valence-corrected chi connectivity index (χ1v) is 9.88. The van der Waals surface area contributed by atoms with Crippen LogP contribution in [0.3, 0.4) is 0 Å². The van der Waals surface area contributed by atoms with Gasteiger partial charge in [0, 0.05) is 28.5 Å². The SMILES string of the molecule is CC.CN(C)CCc1c[nH]c2ccccc12.O=C(Cl)Sc1ccccc1. The number of nitrogens with one attached hydrogen (secondary N) is 1. The quantitative estimate of drug-likeness (QED) is 0.411. The van der Waals surface area contributed by atoms with E-state index in [1.54, 1.807) is 0 Å². The normalized spacial score (nSPS) is 9.92. The molecule has 0 radical (unpaired) electrons. The van der Waals surface area contributed by atoms with Crippen molar-refractivity contribution in [2.45, 2.75) is 25.2 Å². The molecule has 3 nitrogen and oxygen atoms in total. The van der Waals surface area contributed by atoms with Gasteiger partial charge >= 0.3 is 0 Å². The maximum atomic E-state index is 10.3.